The first-order chi connectivity index (χ1) is 6.85. The van der Waals surface area contributed by atoms with Crippen molar-refractivity contribution in [2.75, 3.05) is 20.1 Å². The fourth-order valence-electron chi connectivity index (χ4n) is 1.41. The standard InChI is InChI=1S/C9H18N2O3S/c1-8(2)10(3)15(13,14)11-6-4-9(12)5-7-11/h8H,4-7H2,1-3H3. The highest BCUT2D eigenvalue weighted by atomic mass is 32.2. The minimum absolute atomic E-state index is 0.0624. The summed E-state index contributed by atoms with van der Waals surface area (Å²) in [5, 5.41) is 0. The van der Waals surface area contributed by atoms with Gasteiger partial charge >= 0.3 is 0 Å². The number of piperidine rings is 1. The summed E-state index contributed by atoms with van der Waals surface area (Å²) in [5.74, 6) is 0.147. The summed E-state index contributed by atoms with van der Waals surface area (Å²) in [6, 6.07) is -0.0624. The lowest BCUT2D eigenvalue weighted by molar-refractivity contribution is -0.120. The van der Waals surface area contributed by atoms with Crippen molar-refractivity contribution in [3.63, 3.8) is 0 Å². The molecular formula is C9H18N2O3S. The van der Waals surface area contributed by atoms with Crippen LogP contribution in [0.5, 0.6) is 0 Å². The number of hydrogen-bond donors (Lipinski definition) is 0. The van der Waals surface area contributed by atoms with Gasteiger partial charge in [-0.3, -0.25) is 4.79 Å². The molecule has 0 bridgehead atoms. The monoisotopic (exact) mass is 234 g/mol. The highest BCUT2D eigenvalue weighted by Gasteiger charge is 2.31. The van der Waals surface area contributed by atoms with Gasteiger partial charge in [0, 0.05) is 39.0 Å². The first-order valence-corrected chi connectivity index (χ1v) is 6.50. The lowest BCUT2D eigenvalue weighted by atomic mass is 10.1. The van der Waals surface area contributed by atoms with Crippen molar-refractivity contribution in [1.29, 1.82) is 0 Å². The molecule has 0 unspecified atom stereocenters. The lowest BCUT2D eigenvalue weighted by Gasteiger charge is -2.31. The Kier molecular flexibility index (Phi) is 3.86. The SMILES string of the molecule is CC(C)N(C)S(=O)(=O)N1CCC(=O)CC1. The smallest absolute Gasteiger partial charge is 0.281 e. The van der Waals surface area contributed by atoms with Crippen LogP contribution in [-0.4, -0.2) is 49.0 Å². The number of hydrogen-bond acceptors (Lipinski definition) is 3. The molecule has 1 heterocycles. The van der Waals surface area contributed by atoms with Gasteiger partial charge in [0.15, 0.2) is 0 Å². The summed E-state index contributed by atoms with van der Waals surface area (Å²) in [5.41, 5.74) is 0. The minimum Gasteiger partial charge on any atom is -0.300 e. The molecule has 0 N–H and O–H groups in total. The van der Waals surface area contributed by atoms with Gasteiger partial charge in [-0.1, -0.05) is 0 Å². The van der Waals surface area contributed by atoms with Crippen LogP contribution in [0.15, 0.2) is 0 Å². The molecule has 1 saturated heterocycles. The van der Waals surface area contributed by atoms with Crippen LogP contribution in [0, 0.1) is 0 Å². The first-order valence-electron chi connectivity index (χ1n) is 5.10. The Bertz CT molecular complexity index is 327. The highest BCUT2D eigenvalue weighted by molar-refractivity contribution is 7.86. The average molecular weight is 234 g/mol. The molecule has 0 spiro atoms. The van der Waals surface area contributed by atoms with Crippen LogP contribution < -0.4 is 0 Å². The molecule has 0 aromatic rings. The molecule has 1 rings (SSSR count). The molecule has 1 aliphatic rings. The van der Waals surface area contributed by atoms with E-state index in [9.17, 15) is 13.2 Å². The molecular weight excluding hydrogens is 216 g/mol. The molecule has 0 atom stereocenters. The van der Waals surface area contributed by atoms with Crippen LogP contribution in [-0.2, 0) is 15.0 Å². The van der Waals surface area contributed by atoms with Crippen LogP contribution in [0.3, 0.4) is 0 Å². The van der Waals surface area contributed by atoms with E-state index in [2.05, 4.69) is 0 Å². The first kappa shape index (κ1) is 12.6. The van der Waals surface area contributed by atoms with Crippen molar-refractivity contribution in [1.82, 2.24) is 8.61 Å². The van der Waals surface area contributed by atoms with Crippen LogP contribution in [0.25, 0.3) is 0 Å². The quantitative estimate of drug-likeness (QED) is 0.702. The summed E-state index contributed by atoms with van der Waals surface area (Å²) in [4.78, 5) is 11.0. The maximum absolute atomic E-state index is 12.0. The third-order valence-corrected chi connectivity index (χ3v) is 4.86. The third-order valence-electron chi connectivity index (χ3n) is 2.70. The van der Waals surface area contributed by atoms with E-state index in [4.69, 9.17) is 0 Å². The van der Waals surface area contributed by atoms with E-state index in [0.29, 0.717) is 25.9 Å². The van der Waals surface area contributed by atoms with E-state index < -0.39 is 10.2 Å². The molecule has 1 fully saturated rings. The highest BCUT2D eigenvalue weighted by Crippen LogP contribution is 2.15. The topological polar surface area (TPSA) is 57.7 Å². The Balaban J connectivity index is 2.74. The summed E-state index contributed by atoms with van der Waals surface area (Å²) in [6.07, 6.45) is 0.677. The molecule has 0 amide bonds. The van der Waals surface area contributed by atoms with Gasteiger partial charge in [0.25, 0.3) is 10.2 Å². The maximum Gasteiger partial charge on any atom is 0.281 e. The fraction of sp³-hybridized carbons (Fsp3) is 0.889. The molecule has 0 radical (unpaired) electrons. The molecule has 0 aromatic heterocycles. The normalized spacial score (nSPS) is 20.2. The molecule has 6 heteroatoms. The van der Waals surface area contributed by atoms with Crippen LogP contribution >= 0.6 is 0 Å². The van der Waals surface area contributed by atoms with Gasteiger partial charge in [0.05, 0.1) is 0 Å². The van der Waals surface area contributed by atoms with Crippen molar-refractivity contribution in [2.45, 2.75) is 32.7 Å². The van der Waals surface area contributed by atoms with Gasteiger partial charge < -0.3 is 0 Å². The Hall–Kier alpha value is -0.460. The van der Waals surface area contributed by atoms with E-state index in [1.165, 1.54) is 8.61 Å². The van der Waals surface area contributed by atoms with Crippen molar-refractivity contribution in [3.8, 4) is 0 Å². The van der Waals surface area contributed by atoms with Gasteiger partial charge in [-0.25, -0.2) is 0 Å². The second kappa shape index (κ2) is 4.59. The Labute approximate surface area is 91.2 Å². The number of ketones is 1. The molecule has 15 heavy (non-hydrogen) atoms. The number of carbonyl (C=O) groups excluding carboxylic acids is 1. The zero-order valence-corrected chi connectivity index (χ0v) is 10.2. The maximum atomic E-state index is 12.0. The van der Waals surface area contributed by atoms with Crippen LogP contribution in [0.1, 0.15) is 26.7 Å². The van der Waals surface area contributed by atoms with Gasteiger partial charge in [0.2, 0.25) is 0 Å². The Morgan fingerprint density at radius 3 is 2.13 bits per heavy atom. The van der Waals surface area contributed by atoms with E-state index in [0.717, 1.165) is 0 Å². The summed E-state index contributed by atoms with van der Waals surface area (Å²) < 4.78 is 26.7. The number of nitrogens with zero attached hydrogens (tertiary/aromatic N) is 2. The van der Waals surface area contributed by atoms with E-state index in [1.807, 2.05) is 13.8 Å². The number of Topliss-reactive ketones (excluding diaryl/α,β-unsaturated/α-hetero) is 1. The van der Waals surface area contributed by atoms with Crippen LogP contribution in [0.4, 0.5) is 0 Å². The van der Waals surface area contributed by atoms with Crippen molar-refractivity contribution < 1.29 is 13.2 Å². The van der Waals surface area contributed by atoms with Crippen molar-refractivity contribution in [3.05, 3.63) is 0 Å². The summed E-state index contributed by atoms with van der Waals surface area (Å²) in [6.45, 7) is 4.29. The minimum atomic E-state index is -3.37. The largest absolute Gasteiger partial charge is 0.300 e. The van der Waals surface area contributed by atoms with Gasteiger partial charge in [-0.15, -0.1) is 0 Å². The number of carbonyl (C=O) groups is 1. The molecule has 0 aromatic carbocycles. The lowest BCUT2D eigenvalue weighted by Crippen LogP contribution is -2.47. The van der Waals surface area contributed by atoms with Crippen molar-refractivity contribution >= 4 is 16.0 Å². The van der Waals surface area contributed by atoms with Gasteiger partial charge in [-0.05, 0) is 13.8 Å². The summed E-state index contributed by atoms with van der Waals surface area (Å²) in [7, 11) is -1.80. The Morgan fingerprint density at radius 2 is 1.73 bits per heavy atom. The molecule has 88 valence electrons. The predicted octanol–water partition coefficient (Wildman–Crippen LogP) is 0.236. The summed E-state index contributed by atoms with van der Waals surface area (Å²) >= 11 is 0. The Morgan fingerprint density at radius 1 is 1.27 bits per heavy atom. The van der Waals surface area contributed by atoms with Crippen molar-refractivity contribution in [2.24, 2.45) is 0 Å². The number of rotatable bonds is 3. The zero-order valence-electron chi connectivity index (χ0n) is 9.43. The van der Waals surface area contributed by atoms with E-state index >= 15 is 0 Å². The molecule has 0 aliphatic carbocycles. The second-order valence-electron chi connectivity index (χ2n) is 4.06. The third kappa shape index (κ3) is 2.76. The molecule has 0 saturated carbocycles. The van der Waals surface area contributed by atoms with Crippen LogP contribution in [0.2, 0.25) is 0 Å². The van der Waals surface area contributed by atoms with Gasteiger partial charge in [-0.2, -0.15) is 17.0 Å². The van der Waals surface area contributed by atoms with E-state index in [-0.39, 0.29) is 11.8 Å². The second-order valence-corrected chi connectivity index (χ2v) is 6.04. The average Bonchev–Trinajstić information content (AvgIpc) is 2.17. The molecule has 5 nitrogen and oxygen atoms in total. The molecule has 1 aliphatic heterocycles. The van der Waals surface area contributed by atoms with E-state index in [1.54, 1.807) is 7.05 Å². The zero-order chi connectivity index (χ0) is 11.6. The predicted molar refractivity (Wildman–Crippen MR) is 57.6 cm³/mol. The van der Waals surface area contributed by atoms with Gasteiger partial charge in [0.1, 0.15) is 5.78 Å². The fourth-order valence-corrected chi connectivity index (χ4v) is 2.96.